The molecule has 104 valence electrons. The van der Waals surface area contributed by atoms with Crippen molar-refractivity contribution in [2.24, 2.45) is 11.7 Å². The molecule has 0 amide bonds. The Morgan fingerprint density at radius 1 is 1.42 bits per heavy atom. The minimum Gasteiger partial charge on any atom is -0.489 e. The van der Waals surface area contributed by atoms with Gasteiger partial charge in [-0.15, -0.1) is 0 Å². The SMILES string of the molecule is CCC1CCCCC1Oc1cccc(Cl)c1C(N)=S. The minimum absolute atomic E-state index is 0.255. The number of thiocarbonyl (C=S) groups is 1. The Morgan fingerprint density at radius 2 is 2.16 bits per heavy atom. The fraction of sp³-hybridized carbons (Fsp3) is 0.533. The molecule has 0 aliphatic heterocycles. The van der Waals surface area contributed by atoms with Gasteiger partial charge in [-0.25, -0.2) is 0 Å². The standard InChI is InChI=1S/C15H20ClNOS/c1-2-10-6-3-4-8-12(10)18-13-9-5-7-11(16)14(13)15(17)19/h5,7,9-10,12H,2-4,6,8H2,1H3,(H2,17,19). The molecule has 0 heterocycles. The first-order valence-electron chi connectivity index (χ1n) is 6.88. The van der Waals surface area contributed by atoms with Crippen molar-refractivity contribution in [3.8, 4) is 5.75 Å². The summed E-state index contributed by atoms with van der Waals surface area (Å²) in [6.07, 6.45) is 6.27. The second kappa shape index (κ2) is 6.58. The largest absolute Gasteiger partial charge is 0.489 e. The zero-order chi connectivity index (χ0) is 13.8. The van der Waals surface area contributed by atoms with E-state index in [4.69, 9.17) is 34.3 Å². The van der Waals surface area contributed by atoms with E-state index in [0.717, 1.165) is 18.6 Å². The molecule has 2 atom stereocenters. The monoisotopic (exact) mass is 297 g/mol. The summed E-state index contributed by atoms with van der Waals surface area (Å²) < 4.78 is 6.18. The summed E-state index contributed by atoms with van der Waals surface area (Å²) in [6, 6.07) is 5.58. The lowest BCUT2D eigenvalue weighted by atomic mass is 9.84. The van der Waals surface area contributed by atoms with E-state index in [1.54, 1.807) is 6.07 Å². The van der Waals surface area contributed by atoms with Gasteiger partial charge in [0.25, 0.3) is 0 Å². The molecule has 0 spiro atoms. The summed E-state index contributed by atoms with van der Waals surface area (Å²) in [4.78, 5) is 0.296. The van der Waals surface area contributed by atoms with Gasteiger partial charge < -0.3 is 10.5 Å². The Kier molecular flexibility index (Phi) is 5.06. The van der Waals surface area contributed by atoms with E-state index >= 15 is 0 Å². The zero-order valence-corrected chi connectivity index (χ0v) is 12.8. The van der Waals surface area contributed by atoms with Crippen LogP contribution in [0.5, 0.6) is 5.75 Å². The van der Waals surface area contributed by atoms with Crippen molar-refractivity contribution in [3.63, 3.8) is 0 Å². The lowest BCUT2D eigenvalue weighted by Gasteiger charge is -2.31. The molecule has 1 aromatic carbocycles. The van der Waals surface area contributed by atoms with Gasteiger partial charge in [-0.3, -0.25) is 0 Å². The van der Waals surface area contributed by atoms with Gasteiger partial charge in [0.2, 0.25) is 0 Å². The minimum atomic E-state index is 0.255. The van der Waals surface area contributed by atoms with E-state index in [-0.39, 0.29) is 6.10 Å². The van der Waals surface area contributed by atoms with Gasteiger partial charge in [-0.2, -0.15) is 0 Å². The summed E-state index contributed by atoms with van der Waals surface area (Å²) in [5, 5.41) is 0.564. The van der Waals surface area contributed by atoms with Crippen molar-refractivity contribution >= 4 is 28.8 Å². The van der Waals surface area contributed by atoms with Crippen LogP contribution < -0.4 is 10.5 Å². The third-order valence-corrected chi connectivity index (χ3v) is 4.38. The Morgan fingerprint density at radius 3 is 2.84 bits per heavy atom. The molecule has 0 bridgehead atoms. The Balaban J connectivity index is 2.22. The van der Waals surface area contributed by atoms with Gasteiger partial charge >= 0.3 is 0 Å². The topological polar surface area (TPSA) is 35.2 Å². The molecule has 1 saturated carbocycles. The van der Waals surface area contributed by atoms with Crippen molar-refractivity contribution in [2.75, 3.05) is 0 Å². The van der Waals surface area contributed by atoms with E-state index in [1.165, 1.54) is 19.3 Å². The molecule has 19 heavy (non-hydrogen) atoms. The summed E-state index contributed by atoms with van der Waals surface area (Å²) >= 11 is 11.2. The number of rotatable bonds is 4. The van der Waals surface area contributed by atoms with Crippen molar-refractivity contribution in [3.05, 3.63) is 28.8 Å². The Labute approximate surface area is 125 Å². The highest BCUT2D eigenvalue weighted by atomic mass is 35.5. The van der Waals surface area contributed by atoms with Crippen molar-refractivity contribution in [2.45, 2.75) is 45.1 Å². The van der Waals surface area contributed by atoms with Gasteiger partial charge in [0.1, 0.15) is 16.8 Å². The third-order valence-electron chi connectivity index (χ3n) is 3.86. The molecule has 2 nitrogen and oxygen atoms in total. The molecule has 1 aromatic rings. The number of halogens is 1. The summed E-state index contributed by atoms with van der Waals surface area (Å²) in [7, 11) is 0. The molecule has 2 N–H and O–H groups in total. The smallest absolute Gasteiger partial charge is 0.131 e. The lowest BCUT2D eigenvalue weighted by Crippen LogP contribution is -2.30. The highest BCUT2D eigenvalue weighted by Gasteiger charge is 2.26. The quantitative estimate of drug-likeness (QED) is 0.841. The molecule has 4 heteroatoms. The fourth-order valence-corrected chi connectivity index (χ4v) is 3.33. The van der Waals surface area contributed by atoms with Crippen LogP contribution >= 0.6 is 23.8 Å². The van der Waals surface area contributed by atoms with Crippen molar-refractivity contribution in [1.82, 2.24) is 0 Å². The maximum absolute atomic E-state index is 6.18. The first kappa shape index (κ1) is 14.6. The maximum atomic E-state index is 6.18. The molecular weight excluding hydrogens is 278 g/mol. The average molecular weight is 298 g/mol. The van der Waals surface area contributed by atoms with Gasteiger partial charge in [0.05, 0.1) is 10.6 Å². The highest BCUT2D eigenvalue weighted by Crippen LogP contribution is 2.33. The van der Waals surface area contributed by atoms with E-state index in [2.05, 4.69) is 6.92 Å². The van der Waals surface area contributed by atoms with Crippen LogP contribution in [-0.4, -0.2) is 11.1 Å². The van der Waals surface area contributed by atoms with Crippen LogP contribution in [0, 0.1) is 5.92 Å². The second-order valence-electron chi connectivity index (χ2n) is 5.09. The number of benzene rings is 1. The van der Waals surface area contributed by atoms with E-state index < -0.39 is 0 Å². The number of nitrogens with two attached hydrogens (primary N) is 1. The number of ether oxygens (including phenoxy) is 1. The lowest BCUT2D eigenvalue weighted by molar-refractivity contribution is 0.0902. The average Bonchev–Trinajstić information content (AvgIpc) is 2.39. The summed E-state index contributed by atoms with van der Waals surface area (Å²) in [5.41, 5.74) is 6.42. The normalized spacial score (nSPS) is 23.1. The van der Waals surface area contributed by atoms with Crippen LogP contribution in [0.4, 0.5) is 0 Å². The maximum Gasteiger partial charge on any atom is 0.131 e. The molecule has 1 aliphatic rings. The van der Waals surface area contributed by atoms with E-state index in [0.29, 0.717) is 21.5 Å². The first-order valence-corrected chi connectivity index (χ1v) is 7.67. The van der Waals surface area contributed by atoms with Gasteiger partial charge in [0, 0.05) is 0 Å². The van der Waals surface area contributed by atoms with Crippen LogP contribution in [0.15, 0.2) is 18.2 Å². The van der Waals surface area contributed by atoms with Crippen LogP contribution in [0.1, 0.15) is 44.6 Å². The molecule has 1 aliphatic carbocycles. The summed E-state index contributed by atoms with van der Waals surface area (Å²) in [6.45, 7) is 2.22. The molecule has 0 saturated heterocycles. The number of hydrogen-bond acceptors (Lipinski definition) is 2. The van der Waals surface area contributed by atoms with Gasteiger partial charge in [-0.05, 0) is 43.7 Å². The zero-order valence-electron chi connectivity index (χ0n) is 11.2. The fourth-order valence-electron chi connectivity index (χ4n) is 2.80. The summed E-state index contributed by atoms with van der Waals surface area (Å²) in [5.74, 6) is 1.34. The molecule has 0 radical (unpaired) electrons. The number of hydrogen-bond donors (Lipinski definition) is 1. The van der Waals surface area contributed by atoms with Gasteiger partial charge in [0.15, 0.2) is 0 Å². The van der Waals surface area contributed by atoms with Gasteiger partial charge in [-0.1, -0.05) is 43.2 Å². The van der Waals surface area contributed by atoms with Crippen LogP contribution in [0.2, 0.25) is 5.02 Å². The molecule has 1 fully saturated rings. The molecule has 2 unspecified atom stereocenters. The first-order chi connectivity index (χ1) is 9.13. The van der Waals surface area contributed by atoms with E-state index in [1.807, 2.05) is 12.1 Å². The van der Waals surface area contributed by atoms with Crippen LogP contribution in [-0.2, 0) is 0 Å². The van der Waals surface area contributed by atoms with Crippen molar-refractivity contribution < 1.29 is 4.74 Å². The Bertz CT molecular complexity index is 463. The van der Waals surface area contributed by atoms with E-state index in [9.17, 15) is 0 Å². The predicted octanol–water partition coefficient (Wildman–Crippen LogP) is 4.32. The van der Waals surface area contributed by atoms with Crippen molar-refractivity contribution in [1.29, 1.82) is 0 Å². The Hall–Kier alpha value is -0.800. The third kappa shape index (κ3) is 3.40. The second-order valence-corrected chi connectivity index (χ2v) is 5.93. The predicted molar refractivity (Wildman–Crippen MR) is 84.0 cm³/mol. The molecular formula is C15H20ClNOS. The van der Waals surface area contributed by atoms with Crippen LogP contribution in [0.3, 0.4) is 0 Å². The van der Waals surface area contributed by atoms with Crippen LogP contribution in [0.25, 0.3) is 0 Å². The highest BCUT2D eigenvalue weighted by molar-refractivity contribution is 7.80. The molecule has 0 aromatic heterocycles. The molecule has 2 rings (SSSR count).